The largest absolute Gasteiger partial charge is 0.382 e. The molecule has 5 nitrogen and oxygen atoms in total. The average molecular weight is 267 g/mol. The zero-order valence-electron chi connectivity index (χ0n) is 11.9. The highest BCUT2D eigenvalue weighted by molar-refractivity contribution is 5.14. The molecule has 1 aromatic rings. The number of methoxy groups -OCH3 is 1. The van der Waals surface area contributed by atoms with Gasteiger partial charge in [-0.2, -0.15) is 0 Å². The lowest BCUT2D eigenvalue weighted by molar-refractivity contribution is 0.0658. The van der Waals surface area contributed by atoms with Gasteiger partial charge in [-0.3, -0.25) is 16.3 Å². The second kappa shape index (κ2) is 9.86. The van der Waals surface area contributed by atoms with Crippen LogP contribution in [0.5, 0.6) is 0 Å². The lowest BCUT2D eigenvalue weighted by atomic mass is 10.1. The number of ether oxygens (including phenoxy) is 2. The number of nitrogens with zero attached hydrogens (tertiary/aromatic N) is 1. The molecule has 0 fully saturated rings. The number of aryl methyl sites for hydroxylation is 1. The fourth-order valence-corrected chi connectivity index (χ4v) is 1.75. The molecule has 1 unspecified atom stereocenters. The van der Waals surface area contributed by atoms with Gasteiger partial charge in [0.25, 0.3) is 0 Å². The minimum absolute atomic E-state index is 0.183. The highest BCUT2D eigenvalue weighted by Crippen LogP contribution is 2.05. The number of nitrogens with two attached hydrogens (primary N) is 1. The van der Waals surface area contributed by atoms with Crippen molar-refractivity contribution in [1.82, 2.24) is 10.4 Å². The maximum absolute atomic E-state index is 5.56. The Labute approximate surface area is 115 Å². The topological polar surface area (TPSA) is 69.4 Å². The molecular weight excluding hydrogens is 242 g/mol. The van der Waals surface area contributed by atoms with Crippen LogP contribution in [0.3, 0.4) is 0 Å². The van der Waals surface area contributed by atoms with Gasteiger partial charge in [0.15, 0.2) is 0 Å². The molecule has 0 aromatic carbocycles. The monoisotopic (exact) mass is 267 g/mol. The van der Waals surface area contributed by atoms with Crippen LogP contribution in [0.1, 0.15) is 24.6 Å². The molecule has 1 aromatic heterocycles. The third-order valence-corrected chi connectivity index (χ3v) is 3.03. The first-order chi connectivity index (χ1) is 9.30. The van der Waals surface area contributed by atoms with Crippen LogP contribution in [0.25, 0.3) is 0 Å². The highest BCUT2D eigenvalue weighted by atomic mass is 16.5. The van der Waals surface area contributed by atoms with Gasteiger partial charge in [0.05, 0.1) is 13.2 Å². The summed E-state index contributed by atoms with van der Waals surface area (Å²) in [7, 11) is 1.67. The van der Waals surface area contributed by atoms with E-state index in [1.807, 2.05) is 6.20 Å². The first kappa shape index (κ1) is 16.0. The minimum Gasteiger partial charge on any atom is -0.382 e. The van der Waals surface area contributed by atoms with Gasteiger partial charge in [0.1, 0.15) is 0 Å². The van der Waals surface area contributed by atoms with Gasteiger partial charge in [-0.1, -0.05) is 13.0 Å². The average Bonchev–Trinajstić information content (AvgIpc) is 2.46. The predicted octanol–water partition coefficient (Wildman–Crippen LogP) is 1.07. The Balaban J connectivity index is 2.30. The van der Waals surface area contributed by atoms with Gasteiger partial charge in [-0.05, 0) is 24.5 Å². The van der Waals surface area contributed by atoms with E-state index >= 15 is 0 Å². The molecule has 0 bridgehead atoms. The SMILES string of the molecule is CCc1ccc(CC(CCOCCOC)NN)nc1. The van der Waals surface area contributed by atoms with Gasteiger partial charge in [-0.25, -0.2) is 0 Å². The molecule has 1 atom stereocenters. The van der Waals surface area contributed by atoms with Crippen molar-refractivity contribution in [2.75, 3.05) is 26.9 Å². The molecule has 0 saturated carbocycles. The Hall–Kier alpha value is -1.01. The number of hydrogen-bond acceptors (Lipinski definition) is 5. The van der Waals surface area contributed by atoms with Crippen molar-refractivity contribution in [1.29, 1.82) is 0 Å². The Kier molecular flexibility index (Phi) is 8.33. The van der Waals surface area contributed by atoms with E-state index in [1.165, 1.54) is 5.56 Å². The van der Waals surface area contributed by atoms with Crippen LogP contribution < -0.4 is 11.3 Å². The molecule has 108 valence electrons. The first-order valence-corrected chi connectivity index (χ1v) is 6.76. The summed E-state index contributed by atoms with van der Waals surface area (Å²) in [5.74, 6) is 5.56. The maximum Gasteiger partial charge on any atom is 0.0700 e. The van der Waals surface area contributed by atoms with Gasteiger partial charge in [0, 0.05) is 38.1 Å². The van der Waals surface area contributed by atoms with Crippen molar-refractivity contribution >= 4 is 0 Å². The highest BCUT2D eigenvalue weighted by Gasteiger charge is 2.08. The molecule has 1 rings (SSSR count). The molecule has 5 heteroatoms. The van der Waals surface area contributed by atoms with Crippen molar-refractivity contribution in [2.24, 2.45) is 5.84 Å². The van der Waals surface area contributed by atoms with Gasteiger partial charge >= 0.3 is 0 Å². The number of hydrazine groups is 1. The standard InChI is InChI=1S/C14H25N3O2/c1-3-12-4-5-13(16-11-12)10-14(17-15)6-7-19-9-8-18-2/h4-5,11,14,17H,3,6-10,15H2,1-2H3. The van der Waals surface area contributed by atoms with Crippen molar-refractivity contribution in [3.63, 3.8) is 0 Å². The van der Waals surface area contributed by atoms with Crippen molar-refractivity contribution in [2.45, 2.75) is 32.2 Å². The smallest absolute Gasteiger partial charge is 0.0700 e. The van der Waals surface area contributed by atoms with Crippen molar-refractivity contribution < 1.29 is 9.47 Å². The summed E-state index contributed by atoms with van der Waals surface area (Å²) in [5, 5.41) is 0. The van der Waals surface area contributed by atoms with Crippen LogP contribution in [0.4, 0.5) is 0 Å². The third-order valence-electron chi connectivity index (χ3n) is 3.03. The molecule has 0 amide bonds. The second-order valence-corrected chi connectivity index (χ2v) is 4.47. The number of hydrogen-bond donors (Lipinski definition) is 2. The molecule has 19 heavy (non-hydrogen) atoms. The summed E-state index contributed by atoms with van der Waals surface area (Å²) in [4.78, 5) is 4.44. The molecule has 0 aliphatic rings. The number of rotatable bonds is 10. The summed E-state index contributed by atoms with van der Waals surface area (Å²) < 4.78 is 10.4. The van der Waals surface area contributed by atoms with Crippen LogP contribution in [-0.4, -0.2) is 38.0 Å². The molecule has 1 heterocycles. The first-order valence-electron chi connectivity index (χ1n) is 6.76. The van der Waals surface area contributed by atoms with Gasteiger partial charge in [0.2, 0.25) is 0 Å². The Morgan fingerprint density at radius 3 is 2.74 bits per heavy atom. The van der Waals surface area contributed by atoms with E-state index in [2.05, 4.69) is 29.5 Å². The van der Waals surface area contributed by atoms with E-state index in [9.17, 15) is 0 Å². The van der Waals surface area contributed by atoms with E-state index < -0.39 is 0 Å². The Bertz CT molecular complexity index is 330. The number of pyridine rings is 1. The normalized spacial score (nSPS) is 12.6. The molecule has 0 aliphatic carbocycles. The summed E-state index contributed by atoms with van der Waals surface area (Å²) in [6.45, 7) is 4.04. The van der Waals surface area contributed by atoms with Gasteiger partial charge < -0.3 is 9.47 Å². The number of aromatic nitrogens is 1. The van der Waals surface area contributed by atoms with E-state index in [0.717, 1.165) is 25.0 Å². The lowest BCUT2D eigenvalue weighted by Crippen LogP contribution is -2.38. The summed E-state index contributed by atoms with van der Waals surface area (Å²) in [6, 6.07) is 4.36. The quantitative estimate of drug-likeness (QED) is 0.377. The Morgan fingerprint density at radius 1 is 1.32 bits per heavy atom. The zero-order chi connectivity index (χ0) is 13.9. The predicted molar refractivity (Wildman–Crippen MR) is 75.7 cm³/mol. The molecule has 0 radical (unpaired) electrons. The fourth-order valence-electron chi connectivity index (χ4n) is 1.75. The van der Waals surface area contributed by atoms with Crippen molar-refractivity contribution in [3.05, 3.63) is 29.6 Å². The van der Waals surface area contributed by atoms with Crippen LogP contribution in [-0.2, 0) is 22.3 Å². The van der Waals surface area contributed by atoms with Crippen LogP contribution >= 0.6 is 0 Å². The van der Waals surface area contributed by atoms with E-state index in [-0.39, 0.29) is 6.04 Å². The van der Waals surface area contributed by atoms with Crippen LogP contribution in [0.15, 0.2) is 18.3 Å². The van der Waals surface area contributed by atoms with Gasteiger partial charge in [-0.15, -0.1) is 0 Å². The van der Waals surface area contributed by atoms with Crippen molar-refractivity contribution in [3.8, 4) is 0 Å². The summed E-state index contributed by atoms with van der Waals surface area (Å²) >= 11 is 0. The zero-order valence-corrected chi connectivity index (χ0v) is 11.9. The molecule has 0 spiro atoms. The number of nitrogens with one attached hydrogen (secondary N) is 1. The second-order valence-electron chi connectivity index (χ2n) is 4.47. The minimum atomic E-state index is 0.183. The van der Waals surface area contributed by atoms with Crippen LogP contribution in [0, 0.1) is 0 Å². The Morgan fingerprint density at radius 2 is 2.16 bits per heavy atom. The molecular formula is C14H25N3O2. The van der Waals surface area contributed by atoms with E-state index in [4.69, 9.17) is 15.3 Å². The molecule has 0 saturated heterocycles. The van der Waals surface area contributed by atoms with E-state index in [0.29, 0.717) is 19.8 Å². The van der Waals surface area contributed by atoms with Crippen LogP contribution in [0.2, 0.25) is 0 Å². The molecule has 3 N–H and O–H groups in total. The summed E-state index contributed by atoms with van der Waals surface area (Å²) in [5.41, 5.74) is 5.13. The summed E-state index contributed by atoms with van der Waals surface area (Å²) in [6.07, 6.45) is 4.61. The lowest BCUT2D eigenvalue weighted by Gasteiger charge is -2.15. The van der Waals surface area contributed by atoms with E-state index in [1.54, 1.807) is 7.11 Å². The third kappa shape index (κ3) is 6.63. The fraction of sp³-hybridized carbons (Fsp3) is 0.643. The maximum atomic E-state index is 5.56. The molecule has 0 aliphatic heterocycles.